The van der Waals surface area contributed by atoms with Gasteiger partial charge in [0, 0.05) is 19.2 Å². The molecule has 1 aromatic carbocycles. The minimum atomic E-state index is -3.01. The third-order valence-electron chi connectivity index (χ3n) is 3.99. The van der Waals surface area contributed by atoms with Gasteiger partial charge in [0.05, 0.1) is 38.0 Å². The Bertz CT molecular complexity index is 674. The van der Waals surface area contributed by atoms with E-state index < -0.39 is 9.84 Å². The van der Waals surface area contributed by atoms with Gasteiger partial charge in [-0.2, -0.15) is 0 Å². The highest BCUT2D eigenvalue weighted by molar-refractivity contribution is 7.91. The monoisotopic (exact) mass is 342 g/mol. The third kappa shape index (κ3) is 4.28. The van der Waals surface area contributed by atoms with Crippen LogP contribution in [0.5, 0.6) is 11.5 Å². The van der Waals surface area contributed by atoms with Crippen molar-refractivity contribution in [3.05, 3.63) is 18.2 Å². The maximum absolute atomic E-state index is 12.3. The maximum Gasteiger partial charge on any atom is 0.241 e. The molecule has 128 valence electrons. The van der Waals surface area contributed by atoms with Crippen molar-refractivity contribution in [3.63, 3.8) is 0 Å². The lowest BCUT2D eigenvalue weighted by atomic mass is 10.2. The Morgan fingerprint density at radius 3 is 2.65 bits per heavy atom. The van der Waals surface area contributed by atoms with Gasteiger partial charge in [-0.25, -0.2) is 8.42 Å². The van der Waals surface area contributed by atoms with Crippen LogP contribution in [-0.4, -0.2) is 64.6 Å². The zero-order chi connectivity index (χ0) is 17.0. The number of amides is 1. The lowest BCUT2D eigenvalue weighted by molar-refractivity contribution is -0.129. The average Bonchev–Trinajstić information content (AvgIpc) is 2.91. The Balaban J connectivity index is 1.99. The molecule has 1 saturated heterocycles. The fourth-order valence-corrected chi connectivity index (χ4v) is 4.31. The van der Waals surface area contributed by atoms with Crippen LogP contribution >= 0.6 is 0 Å². The van der Waals surface area contributed by atoms with E-state index in [9.17, 15) is 13.2 Å². The summed E-state index contributed by atoms with van der Waals surface area (Å²) >= 11 is 0. The molecule has 0 spiro atoms. The van der Waals surface area contributed by atoms with E-state index in [1.165, 1.54) is 4.90 Å². The number of nitrogens with one attached hydrogen (secondary N) is 1. The molecule has 0 aliphatic carbocycles. The van der Waals surface area contributed by atoms with Gasteiger partial charge < -0.3 is 19.7 Å². The van der Waals surface area contributed by atoms with Gasteiger partial charge in [0.1, 0.15) is 11.5 Å². The topological polar surface area (TPSA) is 84.9 Å². The SMILES string of the molecule is COc1ccc(OC)c(NCC(=O)N(C)C2CCS(=O)(=O)C2)c1. The highest BCUT2D eigenvalue weighted by atomic mass is 32.2. The van der Waals surface area contributed by atoms with Crippen LogP contribution in [0.3, 0.4) is 0 Å². The fraction of sp³-hybridized carbons (Fsp3) is 0.533. The Morgan fingerprint density at radius 2 is 2.09 bits per heavy atom. The predicted molar refractivity (Wildman–Crippen MR) is 87.9 cm³/mol. The molecule has 2 rings (SSSR count). The van der Waals surface area contributed by atoms with Gasteiger partial charge >= 0.3 is 0 Å². The minimum absolute atomic E-state index is 0.0394. The lowest BCUT2D eigenvalue weighted by Gasteiger charge is -2.24. The molecule has 1 aromatic rings. The summed E-state index contributed by atoms with van der Waals surface area (Å²) in [5.41, 5.74) is 0.646. The van der Waals surface area contributed by atoms with Gasteiger partial charge in [0.2, 0.25) is 5.91 Å². The average molecular weight is 342 g/mol. The Morgan fingerprint density at radius 1 is 1.35 bits per heavy atom. The molecular weight excluding hydrogens is 320 g/mol. The molecule has 23 heavy (non-hydrogen) atoms. The van der Waals surface area contributed by atoms with Crippen LogP contribution in [0.25, 0.3) is 0 Å². The number of carbonyl (C=O) groups excluding carboxylic acids is 1. The van der Waals surface area contributed by atoms with Gasteiger partial charge in [-0.1, -0.05) is 0 Å². The van der Waals surface area contributed by atoms with E-state index in [1.807, 2.05) is 0 Å². The zero-order valence-electron chi connectivity index (χ0n) is 13.5. The molecule has 0 aromatic heterocycles. The quantitative estimate of drug-likeness (QED) is 0.822. The molecule has 7 nitrogen and oxygen atoms in total. The molecule has 1 unspecified atom stereocenters. The number of hydrogen-bond donors (Lipinski definition) is 1. The molecule has 8 heteroatoms. The largest absolute Gasteiger partial charge is 0.497 e. The smallest absolute Gasteiger partial charge is 0.241 e. The van der Waals surface area contributed by atoms with Gasteiger partial charge in [0.25, 0.3) is 0 Å². The summed E-state index contributed by atoms with van der Waals surface area (Å²) in [6, 6.07) is 5.01. The first-order chi connectivity index (χ1) is 10.9. The molecule has 1 fully saturated rings. The second-order valence-corrected chi connectivity index (χ2v) is 7.71. The number of rotatable bonds is 6. The standard InChI is InChI=1S/C15H22N2O5S/c1-17(11-6-7-23(19,20)10-11)15(18)9-16-13-8-12(21-2)4-5-14(13)22-3/h4-5,8,11,16H,6-7,9-10H2,1-3H3. The van der Waals surface area contributed by atoms with E-state index in [4.69, 9.17) is 9.47 Å². The van der Waals surface area contributed by atoms with Crippen molar-refractivity contribution in [2.24, 2.45) is 0 Å². The summed E-state index contributed by atoms with van der Waals surface area (Å²) in [6.45, 7) is 0.0522. The van der Waals surface area contributed by atoms with Crippen molar-refractivity contribution in [2.45, 2.75) is 12.5 Å². The molecular formula is C15H22N2O5S. The second-order valence-electron chi connectivity index (χ2n) is 5.48. The zero-order valence-corrected chi connectivity index (χ0v) is 14.4. The van der Waals surface area contributed by atoms with E-state index in [0.29, 0.717) is 23.6 Å². The van der Waals surface area contributed by atoms with Crippen molar-refractivity contribution < 1.29 is 22.7 Å². The minimum Gasteiger partial charge on any atom is -0.497 e. The normalized spacial score (nSPS) is 19.2. The molecule has 1 heterocycles. The summed E-state index contributed by atoms with van der Waals surface area (Å²) in [7, 11) is 1.73. The van der Waals surface area contributed by atoms with E-state index in [2.05, 4.69) is 5.32 Å². The van der Waals surface area contributed by atoms with Gasteiger partial charge in [-0.3, -0.25) is 4.79 Å². The number of benzene rings is 1. The van der Waals surface area contributed by atoms with Crippen LogP contribution in [0, 0.1) is 0 Å². The molecule has 1 aliphatic rings. The number of sulfone groups is 1. The molecule has 1 N–H and O–H groups in total. The number of likely N-dealkylation sites (N-methyl/N-ethyl adjacent to an activating group) is 1. The number of ether oxygens (including phenoxy) is 2. The molecule has 0 radical (unpaired) electrons. The number of carbonyl (C=O) groups is 1. The Labute approximate surface area is 136 Å². The van der Waals surface area contributed by atoms with Crippen LogP contribution in [0.15, 0.2) is 18.2 Å². The second kappa shape index (κ2) is 7.08. The highest BCUT2D eigenvalue weighted by Crippen LogP contribution is 2.28. The summed E-state index contributed by atoms with van der Waals surface area (Å²) in [5, 5.41) is 3.02. The van der Waals surface area contributed by atoms with Crippen LogP contribution in [0.1, 0.15) is 6.42 Å². The molecule has 0 saturated carbocycles. The molecule has 1 aliphatic heterocycles. The summed E-state index contributed by atoms with van der Waals surface area (Å²) in [6.07, 6.45) is 0.493. The molecule has 1 atom stereocenters. The van der Waals surface area contributed by atoms with Crippen LogP contribution in [0.2, 0.25) is 0 Å². The first-order valence-corrected chi connectivity index (χ1v) is 9.10. The molecule has 0 bridgehead atoms. The Kier molecular flexibility index (Phi) is 5.35. The van der Waals surface area contributed by atoms with Crippen LogP contribution in [0.4, 0.5) is 5.69 Å². The summed E-state index contributed by atoms with van der Waals surface area (Å²) in [4.78, 5) is 13.8. The van der Waals surface area contributed by atoms with E-state index in [1.54, 1.807) is 39.5 Å². The van der Waals surface area contributed by atoms with Crippen molar-refractivity contribution in [2.75, 3.05) is 44.6 Å². The predicted octanol–water partition coefficient (Wildman–Crippen LogP) is 0.761. The third-order valence-corrected chi connectivity index (χ3v) is 5.74. The van der Waals surface area contributed by atoms with E-state index in [0.717, 1.165) is 0 Å². The number of hydrogen-bond acceptors (Lipinski definition) is 6. The van der Waals surface area contributed by atoms with Crippen molar-refractivity contribution >= 4 is 21.4 Å². The van der Waals surface area contributed by atoms with Crippen molar-refractivity contribution in [1.82, 2.24) is 4.90 Å². The van der Waals surface area contributed by atoms with Gasteiger partial charge in [-0.05, 0) is 18.6 Å². The van der Waals surface area contributed by atoms with Crippen LogP contribution in [-0.2, 0) is 14.6 Å². The molecule has 1 amide bonds. The summed E-state index contributed by atoms with van der Waals surface area (Å²) < 4.78 is 33.4. The van der Waals surface area contributed by atoms with Gasteiger partial charge in [-0.15, -0.1) is 0 Å². The summed E-state index contributed by atoms with van der Waals surface area (Å²) in [5.74, 6) is 1.27. The first-order valence-electron chi connectivity index (χ1n) is 7.28. The highest BCUT2D eigenvalue weighted by Gasteiger charge is 2.32. The van der Waals surface area contributed by atoms with Gasteiger partial charge in [0.15, 0.2) is 9.84 Å². The fourth-order valence-electron chi connectivity index (χ4n) is 2.53. The number of nitrogens with zero attached hydrogens (tertiary/aromatic N) is 1. The Hall–Kier alpha value is -1.96. The maximum atomic E-state index is 12.3. The van der Waals surface area contributed by atoms with Crippen molar-refractivity contribution in [3.8, 4) is 11.5 Å². The van der Waals surface area contributed by atoms with Crippen molar-refractivity contribution in [1.29, 1.82) is 0 Å². The van der Waals surface area contributed by atoms with E-state index in [-0.39, 0.29) is 30.0 Å². The van der Waals surface area contributed by atoms with E-state index >= 15 is 0 Å². The van der Waals surface area contributed by atoms with Crippen LogP contribution < -0.4 is 14.8 Å². The first kappa shape index (κ1) is 17.4. The number of methoxy groups -OCH3 is 2. The number of anilines is 1. The lowest BCUT2D eigenvalue weighted by Crippen LogP contribution is -2.40.